The van der Waals surface area contributed by atoms with E-state index >= 15 is 4.57 Å². The van der Waals surface area contributed by atoms with Crippen LogP contribution in [0.4, 0.5) is 0 Å². The molecule has 0 fully saturated rings. The number of esters is 2. The van der Waals surface area contributed by atoms with Crippen LogP contribution in [0.1, 0.15) is 52.7 Å². The summed E-state index contributed by atoms with van der Waals surface area (Å²) in [4.78, 5) is 27.0. The fraction of sp³-hybridized carbons (Fsp3) is 0.129. The van der Waals surface area contributed by atoms with Gasteiger partial charge in [-0.25, -0.2) is 9.59 Å². The van der Waals surface area contributed by atoms with Crippen LogP contribution >= 0.6 is 7.37 Å². The van der Waals surface area contributed by atoms with Gasteiger partial charge in [0.15, 0.2) is 11.5 Å². The van der Waals surface area contributed by atoms with Gasteiger partial charge in [-0.15, -0.1) is 0 Å². The summed E-state index contributed by atoms with van der Waals surface area (Å²) in [5.74, 6) is -1.07. The van der Waals surface area contributed by atoms with Gasteiger partial charge < -0.3 is 23.1 Å². The molecule has 0 bridgehead atoms. The summed E-state index contributed by atoms with van der Waals surface area (Å²) in [5.41, 5.74) is 10.9. The van der Waals surface area contributed by atoms with E-state index in [1.165, 1.54) is 28.0 Å². The Bertz CT molecular complexity index is 3850. The fourth-order valence-corrected chi connectivity index (χ4v) is 12.4. The van der Waals surface area contributed by atoms with Gasteiger partial charge in [0.1, 0.15) is 11.3 Å². The summed E-state index contributed by atoms with van der Waals surface area (Å²) in [6.07, 6.45) is 2.14. The normalized spacial score (nSPS) is 14.5. The summed E-state index contributed by atoms with van der Waals surface area (Å²) in [5, 5.41) is 3.87. The van der Waals surface area contributed by atoms with E-state index in [4.69, 9.17) is 14.0 Å². The Hall–Kier alpha value is -8.19. The van der Waals surface area contributed by atoms with E-state index in [2.05, 4.69) is 120 Å². The first-order valence-corrected chi connectivity index (χ1v) is 25.3. The second kappa shape index (κ2) is 16.8. The molecule has 11 rings (SSSR count). The van der Waals surface area contributed by atoms with Crippen LogP contribution in [-0.4, -0.2) is 21.1 Å². The minimum Gasteiger partial charge on any atom is -0.436 e. The molecule has 8 nitrogen and oxygen atoms in total. The van der Waals surface area contributed by atoms with E-state index in [9.17, 15) is 9.59 Å². The molecule has 10 aromatic rings. The highest BCUT2D eigenvalue weighted by Crippen LogP contribution is 2.58. The highest BCUT2D eigenvalue weighted by Gasteiger charge is 2.43. The Morgan fingerprint density at radius 1 is 0.535 bits per heavy atom. The molecule has 3 heterocycles. The molecule has 0 spiro atoms. The molecule has 350 valence electrons. The highest BCUT2D eigenvalue weighted by atomic mass is 31.2. The average molecular weight is 951 g/mol. The molecule has 0 radical (unpaired) electrons. The predicted molar refractivity (Wildman–Crippen MR) is 289 cm³/mol. The molecule has 1 unspecified atom stereocenters. The predicted octanol–water partition coefficient (Wildman–Crippen LogP) is 14.6. The molecule has 0 N–H and O–H groups in total. The lowest BCUT2D eigenvalue weighted by Crippen LogP contribution is -2.27. The van der Waals surface area contributed by atoms with Gasteiger partial charge in [0.25, 0.3) is 0 Å². The first-order valence-electron chi connectivity index (χ1n) is 23.7. The van der Waals surface area contributed by atoms with Crippen molar-refractivity contribution >= 4 is 73.5 Å². The molecular weight excluding hydrogens is 900 g/mol. The Morgan fingerprint density at radius 2 is 1.07 bits per heavy atom. The molecule has 0 saturated heterocycles. The zero-order chi connectivity index (χ0) is 49.6. The van der Waals surface area contributed by atoms with Gasteiger partial charge in [-0.3, -0.25) is 4.57 Å². The molecule has 9 heteroatoms. The zero-order valence-electron chi connectivity index (χ0n) is 40.4. The van der Waals surface area contributed by atoms with E-state index in [1.807, 2.05) is 83.4 Å². The second-order valence-electron chi connectivity index (χ2n) is 20.1. The van der Waals surface area contributed by atoms with Gasteiger partial charge in [0.2, 0.25) is 0 Å². The first-order chi connectivity index (χ1) is 34.1. The summed E-state index contributed by atoms with van der Waals surface area (Å²) in [6.45, 7) is 20.9. The van der Waals surface area contributed by atoms with Crippen LogP contribution in [0.15, 0.2) is 189 Å². The van der Waals surface area contributed by atoms with Crippen LogP contribution in [0.2, 0.25) is 0 Å². The molecule has 1 atom stereocenters. The summed E-state index contributed by atoms with van der Waals surface area (Å²) < 4.78 is 39.5. The van der Waals surface area contributed by atoms with Crippen molar-refractivity contribution in [3.05, 3.63) is 200 Å². The van der Waals surface area contributed by atoms with Gasteiger partial charge in [0.05, 0.1) is 32.5 Å². The quantitative estimate of drug-likeness (QED) is 0.0652. The Kier molecular flexibility index (Phi) is 10.7. The maximum absolute atomic E-state index is 16.2. The van der Waals surface area contributed by atoms with Crippen molar-refractivity contribution in [1.82, 2.24) is 9.13 Å². The van der Waals surface area contributed by atoms with Gasteiger partial charge in [-0.05, 0) is 111 Å². The van der Waals surface area contributed by atoms with Crippen molar-refractivity contribution < 1.29 is 28.2 Å². The van der Waals surface area contributed by atoms with Gasteiger partial charge >= 0.3 is 19.3 Å². The van der Waals surface area contributed by atoms with Crippen LogP contribution in [0.5, 0.6) is 17.2 Å². The van der Waals surface area contributed by atoms with Gasteiger partial charge in [0, 0.05) is 51.3 Å². The van der Waals surface area contributed by atoms with Crippen molar-refractivity contribution in [3.63, 3.8) is 0 Å². The monoisotopic (exact) mass is 950 g/mol. The maximum Gasteiger partial charge on any atom is 0.335 e. The Labute approximate surface area is 412 Å². The number of hydrogen-bond donors (Lipinski definition) is 0. The lowest BCUT2D eigenvalue weighted by Gasteiger charge is -2.30. The van der Waals surface area contributed by atoms with Crippen molar-refractivity contribution in [3.8, 4) is 50.9 Å². The zero-order valence-corrected chi connectivity index (χ0v) is 41.3. The molecular formula is C62H51N2O6P. The first kappa shape index (κ1) is 45.3. The fourth-order valence-electron chi connectivity index (χ4n) is 9.99. The average Bonchev–Trinajstić information content (AvgIpc) is 3.89. The number of ether oxygens (including phenoxy) is 2. The Morgan fingerprint density at radius 3 is 1.70 bits per heavy atom. The molecule has 1 aliphatic rings. The molecule has 2 aromatic heterocycles. The third kappa shape index (κ3) is 7.49. The number of rotatable bonds is 8. The lowest BCUT2D eigenvalue weighted by molar-refractivity contribution is -0.129. The van der Waals surface area contributed by atoms with E-state index in [-0.39, 0.29) is 27.6 Å². The maximum atomic E-state index is 16.2. The number of benzene rings is 8. The number of nitrogens with zero attached hydrogens (tertiary/aromatic N) is 2. The van der Waals surface area contributed by atoms with Crippen molar-refractivity contribution in [2.75, 3.05) is 0 Å². The summed E-state index contributed by atoms with van der Waals surface area (Å²) in [6, 6.07) is 54.1. The van der Waals surface area contributed by atoms with E-state index in [0.717, 1.165) is 51.3 Å². The molecule has 8 aromatic carbocycles. The molecule has 1 aliphatic heterocycles. The number of hydrogen-bond acceptors (Lipinski definition) is 6. The van der Waals surface area contributed by atoms with Crippen molar-refractivity contribution in [2.24, 2.45) is 0 Å². The smallest absolute Gasteiger partial charge is 0.335 e. The lowest BCUT2D eigenvalue weighted by atomic mass is 9.85. The van der Waals surface area contributed by atoms with Crippen molar-refractivity contribution in [1.29, 1.82) is 0 Å². The minimum absolute atomic E-state index is 0.0106. The molecule has 0 saturated carbocycles. The topological polar surface area (TPSA) is 88.8 Å². The van der Waals surface area contributed by atoms with Crippen LogP contribution in [0, 0.1) is 0 Å². The highest BCUT2D eigenvalue weighted by molar-refractivity contribution is 7.75. The third-order valence-electron chi connectivity index (χ3n) is 13.6. The summed E-state index contributed by atoms with van der Waals surface area (Å²) >= 11 is 0. The third-order valence-corrected chi connectivity index (χ3v) is 16.0. The minimum atomic E-state index is -4.21. The number of fused-ring (bicyclic) bond motifs is 9. The van der Waals surface area contributed by atoms with E-state index in [1.54, 1.807) is 18.2 Å². The van der Waals surface area contributed by atoms with Gasteiger partial charge in [-0.1, -0.05) is 140 Å². The molecule has 0 aliphatic carbocycles. The summed E-state index contributed by atoms with van der Waals surface area (Å²) in [7, 11) is -4.21. The number of carbonyl (C=O) groups excluding carboxylic acids is 2. The van der Waals surface area contributed by atoms with Crippen LogP contribution in [0.25, 0.3) is 77.2 Å². The van der Waals surface area contributed by atoms with Crippen LogP contribution < -0.4 is 24.6 Å². The molecule has 0 amide bonds. The van der Waals surface area contributed by atoms with E-state index in [0.29, 0.717) is 38.4 Å². The van der Waals surface area contributed by atoms with E-state index < -0.39 is 19.3 Å². The number of aromatic nitrogens is 2. The van der Waals surface area contributed by atoms with Crippen molar-refractivity contribution in [2.45, 2.75) is 52.4 Å². The molecule has 71 heavy (non-hydrogen) atoms. The Balaban J connectivity index is 1.16. The van der Waals surface area contributed by atoms with Gasteiger partial charge in [-0.2, -0.15) is 0 Å². The van der Waals surface area contributed by atoms with Crippen LogP contribution in [-0.2, 0) is 25.0 Å². The van der Waals surface area contributed by atoms with Crippen LogP contribution in [0.3, 0.4) is 0 Å². The largest absolute Gasteiger partial charge is 0.436 e. The number of para-hydroxylation sites is 2. The SMILES string of the molecule is C=CC(=O)Oc1c(P2(=O)Oc3ccccc3-c3ccccc32)cc(OC(=O)C=C)c2c1c1cc(-c3ccc(-n4c5ccc(C(C)(C)C)cc5c5cc(C(C)(C)C)ccc54)cc3)ccc1n2-c1ccccc1. The standard InChI is InChI=1S/C62H51N2O6P/c1-9-56(65)68-53-37-55(71(67)54-23-17-15-21-45(54)44-20-14-16-22-52(44)70-71)60(69-57(66)10-2)58-48-34-39(26-31-51(48)64(59(53)58)42-18-12-11-13-19-42)38-24-29-43(30-25-38)63-49-32-27-40(61(3,4)5)35-46(49)47-36-41(62(6,7)8)28-33-50(47)63/h9-37H,1-2H2,3-8H3. The second-order valence-corrected chi connectivity index (χ2v) is 22.4. The number of carbonyl (C=O) groups is 2.